The molecule has 106 valence electrons. The third-order valence-corrected chi connectivity index (χ3v) is 3.98. The van der Waals surface area contributed by atoms with Crippen LogP contribution >= 0.6 is 0 Å². The fraction of sp³-hybridized carbons (Fsp3) is 0.438. The largest absolute Gasteiger partial charge is 0.394 e. The molecule has 1 atom stereocenters. The van der Waals surface area contributed by atoms with Crippen molar-refractivity contribution in [2.45, 2.75) is 37.4 Å². The summed E-state index contributed by atoms with van der Waals surface area (Å²) >= 11 is 0. The lowest BCUT2D eigenvalue weighted by Crippen LogP contribution is -2.47. The van der Waals surface area contributed by atoms with Gasteiger partial charge in [-0.3, -0.25) is 4.68 Å². The Morgan fingerprint density at radius 1 is 1.25 bits per heavy atom. The van der Waals surface area contributed by atoms with Crippen molar-refractivity contribution in [1.29, 1.82) is 0 Å². The van der Waals surface area contributed by atoms with Gasteiger partial charge in [0.15, 0.2) is 0 Å². The SMILES string of the molecule is OCC(CCn1cccn1)(NC1CC1)c1ccccc1. The number of aliphatic hydroxyl groups is 1. The second-order valence-corrected chi connectivity index (χ2v) is 5.54. The van der Waals surface area contributed by atoms with Crippen LogP contribution in [0, 0.1) is 0 Å². The molecule has 1 saturated carbocycles. The predicted octanol–water partition coefficient (Wildman–Crippen LogP) is 1.91. The first-order chi connectivity index (χ1) is 9.82. The van der Waals surface area contributed by atoms with Gasteiger partial charge in [0, 0.05) is 25.0 Å². The van der Waals surface area contributed by atoms with Crippen LogP contribution in [0.25, 0.3) is 0 Å². The Hall–Kier alpha value is -1.65. The van der Waals surface area contributed by atoms with Crippen LogP contribution in [0.4, 0.5) is 0 Å². The van der Waals surface area contributed by atoms with Gasteiger partial charge >= 0.3 is 0 Å². The number of aromatic nitrogens is 2. The second-order valence-electron chi connectivity index (χ2n) is 5.54. The van der Waals surface area contributed by atoms with Crippen LogP contribution in [0.1, 0.15) is 24.8 Å². The Kier molecular flexibility index (Phi) is 3.85. The fourth-order valence-electron chi connectivity index (χ4n) is 2.63. The highest BCUT2D eigenvalue weighted by molar-refractivity contribution is 5.25. The van der Waals surface area contributed by atoms with E-state index in [2.05, 4.69) is 22.5 Å². The molecule has 0 amide bonds. The first-order valence-corrected chi connectivity index (χ1v) is 7.24. The number of hydrogen-bond donors (Lipinski definition) is 2. The van der Waals surface area contributed by atoms with Crippen LogP contribution in [-0.4, -0.2) is 27.5 Å². The van der Waals surface area contributed by atoms with E-state index in [9.17, 15) is 5.11 Å². The summed E-state index contributed by atoms with van der Waals surface area (Å²) < 4.78 is 1.92. The zero-order valence-corrected chi connectivity index (χ0v) is 11.6. The highest BCUT2D eigenvalue weighted by Crippen LogP contribution is 2.31. The monoisotopic (exact) mass is 271 g/mol. The van der Waals surface area contributed by atoms with E-state index in [0.29, 0.717) is 6.04 Å². The molecule has 0 saturated heterocycles. The molecular weight excluding hydrogens is 250 g/mol. The van der Waals surface area contributed by atoms with Crippen molar-refractivity contribution in [1.82, 2.24) is 15.1 Å². The summed E-state index contributed by atoms with van der Waals surface area (Å²) in [5.74, 6) is 0. The minimum atomic E-state index is -0.367. The second kappa shape index (κ2) is 5.77. The standard InChI is InChI=1S/C16H21N3O/c20-13-16(18-15-7-8-15,14-5-2-1-3-6-14)9-12-19-11-4-10-17-19/h1-6,10-11,15,18,20H,7-9,12-13H2. The van der Waals surface area contributed by atoms with Gasteiger partial charge in [0.1, 0.15) is 0 Å². The number of rotatable bonds is 7. The first kappa shape index (κ1) is 13.3. The van der Waals surface area contributed by atoms with E-state index in [-0.39, 0.29) is 12.1 Å². The maximum absolute atomic E-state index is 10.0. The van der Waals surface area contributed by atoms with Gasteiger partial charge in [-0.05, 0) is 30.9 Å². The molecule has 0 aliphatic heterocycles. The molecule has 1 aromatic carbocycles. The molecule has 1 aromatic heterocycles. The molecule has 1 aliphatic rings. The summed E-state index contributed by atoms with van der Waals surface area (Å²) in [7, 11) is 0. The molecule has 4 nitrogen and oxygen atoms in total. The van der Waals surface area contributed by atoms with Gasteiger partial charge in [0.2, 0.25) is 0 Å². The zero-order chi connectivity index (χ0) is 13.8. The maximum Gasteiger partial charge on any atom is 0.0688 e. The van der Waals surface area contributed by atoms with Crippen LogP contribution in [0.2, 0.25) is 0 Å². The van der Waals surface area contributed by atoms with Crippen LogP contribution in [0.15, 0.2) is 48.8 Å². The van der Waals surface area contributed by atoms with E-state index in [0.717, 1.165) is 18.5 Å². The van der Waals surface area contributed by atoms with Crippen LogP contribution < -0.4 is 5.32 Å². The molecule has 1 heterocycles. The third kappa shape index (κ3) is 2.92. The van der Waals surface area contributed by atoms with Gasteiger partial charge in [0.05, 0.1) is 12.1 Å². The van der Waals surface area contributed by atoms with Crippen LogP contribution in [0.3, 0.4) is 0 Å². The number of hydrogen-bond acceptors (Lipinski definition) is 3. The van der Waals surface area contributed by atoms with Crippen molar-refractivity contribution < 1.29 is 5.11 Å². The summed E-state index contributed by atoms with van der Waals surface area (Å²) in [5, 5.41) is 17.9. The summed E-state index contributed by atoms with van der Waals surface area (Å²) in [4.78, 5) is 0. The summed E-state index contributed by atoms with van der Waals surface area (Å²) in [6, 6.07) is 12.7. The van der Waals surface area contributed by atoms with E-state index >= 15 is 0 Å². The molecule has 4 heteroatoms. The molecule has 3 rings (SSSR count). The van der Waals surface area contributed by atoms with Crippen LogP contribution in [0.5, 0.6) is 0 Å². The molecule has 20 heavy (non-hydrogen) atoms. The first-order valence-electron chi connectivity index (χ1n) is 7.24. The minimum Gasteiger partial charge on any atom is -0.394 e. The van der Waals surface area contributed by atoms with Crippen LogP contribution in [-0.2, 0) is 12.1 Å². The normalized spacial score (nSPS) is 17.9. The molecule has 0 spiro atoms. The summed E-state index contributed by atoms with van der Waals surface area (Å²) in [5.41, 5.74) is 0.788. The summed E-state index contributed by atoms with van der Waals surface area (Å²) in [6.45, 7) is 0.900. The number of benzene rings is 1. The number of nitrogens with one attached hydrogen (secondary N) is 1. The molecule has 0 bridgehead atoms. The molecule has 1 unspecified atom stereocenters. The Morgan fingerprint density at radius 2 is 2.05 bits per heavy atom. The minimum absolute atomic E-state index is 0.106. The van der Waals surface area contributed by atoms with E-state index in [1.165, 1.54) is 12.8 Å². The topological polar surface area (TPSA) is 50.1 Å². The molecular formula is C16H21N3O. The Morgan fingerprint density at radius 3 is 2.65 bits per heavy atom. The van der Waals surface area contributed by atoms with E-state index in [4.69, 9.17) is 0 Å². The highest BCUT2D eigenvalue weighted by Gasteiger charge is 2.37. The van der Waals surface area contributed by atoms with E-state index < -0.39 is 0 Å². The average molecular weight is 271 g/mol. The molecule has 1 aliphatic carbocycles. The molecule has 1 fully saturated rings. The molecule has 2 N–H and O–H groups in total. The Labute approximate surface area is 119 Å². The lowest BCUT2D eigenvalue weighted by molar-refractivity contribution is 0.142. The van der Waals surface area contributed by atoms with Crippen molar-refractivity contribution in [2.75, 3.05) is 6.61 Å². The van der Waals surface area contributed by atoms with Gasteiger partial charge in [-0.1, -0.05) is 30.3 Å². The molecule has 0 radical (unpaired) electrons. The van der Waals surface area contributed by atoms with Crippen molar-refractivity contribution in [2.24, 2.45) is 0 Å². The molecule has 2 aromatic rings. The van der Waals surface area contributed by atoms with Gasteiger partial charge in [0.25, 0.3) is 0 Å². The van der Waals surface area contributed by atoms with Crippen molar-refractivity contribution in [3.63, 3.8) is 0 Å². The fourth-order valence-corrected chi connectivity index (χ4v) is 2.63. The number of aliphatic hydroxyl groups excluding tert-OH is 1. The van der Waals surface area contributed by atoms with Crippen molar-refractivity contribution in [3.8, 4) is 0 Å². The third-order valence-electron chi connectivity index (χ3n) is 3.98. The quantitative estimate of drug-likeness (QED) is 0.809. The Balaban J connectivity index is 1.81. The van der Waals surface area contributed by atoms with Crippen molar-refractivity contribution >= 4 is 0 Å². The number of aryl methyl sites for hydroxylation is 1. The average Bonchev–Trinajstić information content (AvgIpc) is 3.16. The smallest absolute Gasteiger partial charge is 0.0688 e. The lowest BCUT2D eigenvalue weighted by Gasteiger charge is -2.34. The van der Waals surface area contributed by atoms with Gasteiger partial charge < -0.3 is 10.4 Å². The van der Waals surface area contributed by atoms with Gasteiger partial charge in [-0.25, -0.2) is 0 Å². The highest BCUT2D eigenvalue weighted by atomic mass is 16.3. The maximum atomic E-state index is 10.0. The predicted molar refractivity (Wildman–Crippen MR) is 78.2 cm³/mol. The van der Waals surface area contributed by atoms with E-state index in [1.807, 2.05) is 35.1 Å². The number of nitrogens with zero attached hydrogens (tertiary/aromatic N) is 2. The van der Waals surface area contributed by atoms with Crippen molar-refractivity contribution in [3.05, 3.63) is 54.4 Å². The Bertz CT molecular complexity index is 522. The van der Waals surface area contributed by atoms with Gasteiger partial charge in [-0.2, -0.15) is 5.10 Å². The van der Waals surface area contributed by atoms with E-state index in [1.54, 1.807) is 6.20 Å². The zero-order valence-electron chi connectivity index (χ0n) is 11.6. The summed E-state index contributed by atoms with van der Waals surface area (Å²) in [6.07, 6.45) is 6.99. The van der Waals surface area contributed by atoms with Gasteiger partial charge in [-0.15, -0.1) is 0 Å². The lowest BCUT2D eigenvalue weighted by atomic mass is 9.87.